The largest absolute Gasteiger partial charge is 0.434 e. The number of nitrogens with zero attached hydrogens (tertiary/aromatic N) is 5. The van der Waals surface area contributed by atoms with Crippen molar-refractivity contribution in [3.8, 4) is 11.1 Å². The molecule has 0 aliphatic heterocycles. The molecule has 32 heavy (non-hydrogen) atoms. The molecular weight excluding hydrogens is 454 g/mol. The first-order chi connectivity index (χ1) is 14.7. The summed E-state index contributed by atoms with van der Waals surface area (Å²) < 4.78 is 108. The number of aromatic nitrogens is 5. The van der Waals surface area contributed by atoms with E-state index >= 15 is 0 Å². The second kappa shape index (κ2) is 7.04. The lowest BCUT2D eigenvalue weighted by Crippen LogP contribution is -2.24. The minimum absolute atomic E-state index is 0.253. The lowest BCUT2D eigenvalue weighted by atomic mass is 10.1. The summed E-state index contributed by atoms with van der Waals surface area (Å²) in [5, 5.41) is 3.61. The fourth-order valence-electron chi connectivity index (χ4n) is 3.48. The second-order valence-electron chi connectivity index (χ2n) is 7.71. The van der Waals surface area contributed by atoms with Crippen molar-refractivity contribution in [3.05, 3.63) is 40.3 Å². The number of hydrogen-bond donors (Lipinski definition) is 0. The van der Waals surface area contributed by atoms with Gasteiger partial charge in [-0.25, -0.2) is 13.8 Å². The third kappa shape index (κ3) is 4.09. The molecule has 1 aliphatic rings. The molecule has 0 spiro atoms. The number of fused-ring (bicyclic) bond motifs is 1. The summed E-state index contributed by atoms with van der Waals surface area (Å²) in [7, 11) is 0. The van der Waals surface area contributed by atoms with Crippen molar-refractivity contribution in [1.82, 2.24) is 23.7 Å². The maximum atomic E-state index is 13.8. The Bertz CT molecular complexity index is 1230. The fraction of sp³-hybridized carbons (Fsp3) is 0.500. The predicted octanol–water partition coefficient (Wildman–Crippen LogP) is 4.29. The van der Waals surface area contributed by atoms with Crippen molar-refractivity contribution >= 4 is 5.78 Å². The Morgan fingerprint density at radius 1 is 1.16 bits per heavy atom. The summed E-state index contributed by atoms with van der Waals surface area (Å²) in [6, 6.07) is 0. The fourth-order valence-corrected chi connectivity index (χ4v) is 3.48. The lowest BCUT2D eigenvalue weighted by Gasteiger charge is -2.12. The van der Waals surface area contributed by atoms with Crippen molar-refractivity contribution in [2.75, 3.05) is 0 Å². The van der Waals surface area contributed by atoms with E-state index in [0.717, 1.165) is 26.0 Å². The molecule has 0 bridgehead atoms. The molecule has 0 aromatic carbocycles. The molecule has 0 saturated heterocycles. The number of alkyl halides is 8. The zero-order valence-corrected chi connectivity index (χ0v) is 16.3. The Hall–Kier alpha value is -2.93. The van der Waals surface area contributed by atoms with Gasteiger partial charge in [-0.3, -0.25) is 13.9 Å². The van der Waals surface area contributed by atoms with Crippen molar-refractivity contribution in [2.45, 2.75) is 51.1 Å². The van der Waals surface area contributed by atoms with Crippen LogP contribution in [0.15, 0.2) is 23.4 Å². The first-order valence-corrected chi connectivity index (χ1v) is 9.34. The topological polar surface area (TPSA) is 57.1 Å². The molecule has 6 nitrogen and oxygen atoms in total. The maximum absolute atomic E-state index is 13.8. The molecule has 1 atom stereocenters. The number of hydrogen-bond acceptors (Lipinski definition) is 3. The summed E-state index contributed by atoms with van der Waals surface area (Å²) in [5.74, 6) is -4.45. The Morgan fingerprint density at radius 2 is 1.81 bits per heavy atom. The molecule has 0 radical (unpaired) electrons. The molecule has 174 valence electrons. The Morgan fingerprint density at radius 3 is 2.38 bits per heavy atom. The van der Waals surface area contributed by atoms with E-state index in [1.54, 1.807) is 0 Å². The molecular formula is C18H15F8N5O. The van der Waals surface area contributed by atoms with Crippen LogP contribution in [0.25, 0.3) is 16.9 Å². The van der Waals surface area contributed by atoms with Crippen LogP contribution in [0.3, 0.4) is 0 Å². The molecule has 0 amide bonds. The Balaban J connectivity index is 1.82. The number of imidazole rings is 1. The average Bonchev–Trinajstić information content (AvgIpc) is 2.97. The quantitative estimate of drug-likeness (QED) is 0.524. The zero-order chi connectivity index (χ0) is 23.6. The van der Waals surface area contributed by atoms with E-state index in [0.29, 0.717) is 0 Å². The van der Waals surface area contributed by atoms with Crippen LogP contribution in [-0.2, 0) is 19.3 Å². The third-order valence-electron chi connectivity index (χ3n) is 5.25. The third-order valence-corrected chi connectivity index (χ3v) is 5.25. The van der Waals surface area contributed by atoms with Crippen LogP contribution in [0.2, 0.25) is 0 Å². The monoisotopic (exact) mass is 469 g/mol. The zero-order valence-electron chi connectivity index (χ0n) is 16.3. The van der Waals surface area contributed by atoms with E-state index in [1.807, 2.05) is 0 Å². The van der Waals surface area contributed by atoms with E-state index in [2.05, 4.69) is 10.1 Å². The summed E-state index contributed by atoms with van der Waals surface area (Å²) in [6.45, 7) is 0.484. The minimum atomic E-state index is -5.09. The molecule has 3 aromatic heterocycles. The van der Waals surface area contributed by atoms with Gasteiger partial charge in [0, 0.05) is 49.1 Å². The number of halogens is 8. The van der Waals surface area contributed by atoms with Crippen LogP contribution in [0.5, 0.6) is 0 Å². The van der Waals surface area contributed by atoms with Crippen molar-refractivity contribution in [2.24, 2.45) is 5.92 Å². The SMILES string of the molecule is Cc1cn2c(=O)c(-c3cnn(CCC(F)(F)F)c3)c(C(F)(F)F)nc2n1C[C@@H]1CC1(F)F. The summed E-state index contributed by atoms with van der Waals surface area (Å²) in [4.78, 5) is 16.5. The van der Waals surface area contributed by atoms with Crippen LogP contribution in [0.1, 0.15) is 24.2 Å². The first-order valence-electron chi connectivity index (χ1n) is 9.34. The van der Waals surface area contributed by atoms with Gasteiger partial charge < -0.3 is 4.57 Å². The minimum Gasteiger partial charge on any atom is -0.314 e. The number of rotatable bonds is 5. The van der Waals surface area contributed by atoms with Gasteiger partial charge >= 0.3 is 12.4 Å². The molecule has 1 saturated carbocycles. The van der Waals surface area contributed by atoms with Crippen molar-refractivity contribution in [1.29, 1.82) is 0 Å². The maximum Gasteiger partial charge on any atom is 0.434 e. The number of aryl methyl sites for hydroxylation is 2. The second-order valence-corrected chi connectivity index (χ2v) is 7.71. The van der Waals surface area contributed by atoms with Gasteiger partial charge in [-0.2, -0.15) is 31.4 Å². The summed E-state index contributed by atoms with van der Waals surface area (Å²) in [5.41, 5.74) is -3.70. The van der Waals surface area contributed by atoms with Gasteiger partial charge in [0.25, 0.3) is 11.5 Å². The van der Waals surface area contributed by atoms with E-state index in [4.69, 9.17) is 0 Å². The molecule has 3 aromatic rings. The molecule has 3 heterocycles. The highest BCUT2D eigenvalue weighted by atomic mass is 19.4. The van der Waals surface area contributed by atoms with Crippen LogP contribution in [-0.4, -0.2) is 35.8 Å². The molecule has 0 unspecified atom stereocenters. The van der Waals surface area contributed by atoms with Crippen LogP contribution >= 0.6 is 0 Å². The van der Waals surface area contributed by atoms with Gasteiger partial charge in [-0.05, 0) is 6.92 Å². The molecule has 0 N–H and O–H groups in total. The van der Waals surface area contributed by atoms with Gasteiger partial charge in [0.2, 0.25) is 5.78 Å². The highest BCUT2D eigenvalue weighted by Crippen LogP contribution is 2.49. The molecule has 1 aliphatic carbocycles. The van der Waals surface area contributed by atoms with E-state index in [9.17, 15) is 39.9 Å². The van der Waals surface area contributed by atoms with Gasteiger partial charge in [-0.15, -0.1) is 0 Å². The molecule has 14 heteroatoms. The van der Waals surface area contributed by atoms with Crippen LogP contribution in [0, 0.1) is 12.8 Å². The highest BCUT2D eigenvalue weighted by Gasteiger charge is 2.57. The van der Waals surface area contributed by atoms with Gasteiger partial charge in [0.1, 0.15) is 0 Å². The average molecular weight is 469 g/mol. The summed E-state index contributed by atoms with van der Waals surface area (Å²) in [6.07, 6.45) is -8.33. The van der Waals surface area contributed by atoms with Gasteiger partial charge in [-0.1, -0.05) is 0 Å². The Labute approximate surface area is 174 Å². The summed E-state index contributed by atoms with van der Waals surface area (Å²) >= 11 is 0. The Kier molecular flexibility index (Phi) is 4.90. The van der Waals surface area contributed by atoms with Crippen molar-refractivity contribution in [3.63, 3.8) is 0 Å². The van der Waals surface area contributed by atoms with Crippen LogP contribution < -0.4 is 5.56 Å². The standard InChI is InChI=1S/C18H15F8N5O/c1-9-6-31-14(32)12(10-5-27-29(7-10)3-2-17(21,22)23)13(18(24,25)26)28-15(31)30(9)8-11-4-16(11,19)20/h5-7,11H,2-4,8H2,1H3/t11-/m0/s1. The van der Waals surface area contributed by atoms with Crippen LogP contribution in [0.4, 0.5) is 35.1 Å². The molecule has 4 rings (SSSR count). The van der Waals surface area contributed by atoms with E-state index in [-0.39, 0.29) is 17.8 Å². The van der Waals surface area contributed by atoms with E-state index < -0.39 is 66.2 Å². The predicted molar refractivity (Wildman–Crippen MR) is 94.1 cm³/mol. The van der Waals surface area contributed by atoms with Gasteiger partial charge in [0.05, 0.1) is 18.2 Å². The highest BCUT2D eigenvalue weighted by molar-refractivity contribution is 5.65. The van der Waals surface area contributed by atoms with Gasteiger partial charge in [0.15, 0.2) is 5.69 Å². The smallest absolute Gasteiger partial charge is 0.314 e. The van der Waals surface area contributed by atoms with E-state index in [1.165, 1.54) is 13.1 Å². The molecule has 1 fully saturated rings. The lowest BCUT2D eigenvalue weighted by molar-refractivity contribution is -0.140. The normalized spacial score (nSPS) is 18.5. The first kappa shape index (κ1) is 22.3. The van der Waals surface area contributed by atoms with Crippen molar-refractivity contribution < 1.29 is 35.1 Å².